The summed E-state index contributed by atoms with van der Waals surface area (Å²) < 4.78 is 10.9. The monoisotopic (exact) mass is 273 g/mol. The van der Waals surface area contributed by atoms with Gasteiger partial charge in [-0.05, 0) is 31.1 Å². The highest BCUT2D eigenvalue weighted by molar-refractivity contribution is 5.79. The highest BCUT2D eigenvalue weighted by atomic mass is 16.5. The Labute approximate surface area is 115 Å². The molecule has 19 heavy (non-hydrogen) atoms. The summed E-state index contributed by atoms with van der Waals surface area (Å²) in [6.45, 7) is 6.67. The molecule has 0 saturated heterocycles. The number of hydrogen-bond acceptors (Lipinski definition) is 4. The number of hydrogen-bond donors (Lipinski definition) is 2. The van der Waals surface area contributed by atoms with Gasteiger partial charge < -0.3 is 20.3 Å². The van der Waals surface area contributed by atoms with Crippen molar-refractivity contribution in [2.45, 2.75) is 45.1 Å². The van der Waals surface area contributed by atoms with E-state index in [0.29, 0.717) is 38.6 Å². The van der Waals surface area contributed by atoms with E-state index in [0.717, 1.165) is 19.4 Å². The van der Waals surface area contributed by atoms with Gasteiger partial charge in [-0.2, -0.15) is 0 Å². The molecule has 0 aromatic rings. The summed E-state index contributed by atoms with van der Waals surface area (Å²) in [6, 6.07) is 0. The average molecular weight is 273 g/mol. The molecule has 112 valence electrons. The number of rotatable bonds is 9. The van der Waals surface area contributed by atoms with E-state index in [1.165, 1.54) is 0 Å². The fourth-order valence-electron chi connectivity index (χ4n) is 2.55. The Hall–Kier alpha value is -0.650. The molecule has 0 aliphatic heterocycles. The van der Waals surface area contributed by atoms with Crippen LogP contribution in [0.5, 0.6) is 0 Å². The van der Waals surface area contributed by atoms with E-state index in [4.69, 9.17) is 15.2 Å². The number of aliphatic carboxylic acids is 1. The molecule has 1 aliphatic carbocycles. The van der Waals surface area contributed by atoms with Crippen molar-refractivity contribution in [1.82, 2.24) is 0 Å². The van der Waals surface area contributed by atoms with Gasteiger partial charge in [0.15, 0.2) is 0 Å². The molecule has 0 amide bonds. The van der Waals surface area contributed by atoms with E-state index in [1.807, 2.05) is 0 Å². The number of ether oxygens (including phenoxy) is 2. The molecule has 1 fully saturated rings. The zero-order chi connectivity index (χ0) is 14.3. The zero-order valence-corrected chi connectivity index (χ0v) is 12.1. The van der Waals surface area contributed by atoms with Crippen molar-refractivity contribution in [2.75, 3.05) is 26.4 Å². The summed E-state index contributed by atoms with van der Waals surface area (Å²) in [7, 11) is 0. The minimum absolute atomic E-state index is 0.0292. The number of carbonyl (C=O) groups is 1. The van der Waals surface area contributed by atoms with Crippen LogP contribution in [-0.2, 0) is 14.3 Å². The van der Waals surface area contributed by atoms with Crippen LogP contribution in [0.25, 0.3) is 0 Å². The van der Waals surface area contributed by atoms with Crippen molar-refractivity contribution in [2.24, 2.45) is 17.6 Å². The molecule has 0 aromatic carbocycles. The van der Waals surface area contributed by atoms with E-state index in [2.05, 4.69) is 13.8 Å². The first-order chi connectivity index (χ1) is 8.97. The largest absolute Gasteiger partial charge is 0.480 e. The van der Waals surface area contributed by atoms with E-state index in [9.17, 15) is 9.90 Å². The Morgan fingerprint density at radius 2 is 2.05 bits per heavy atom. The van der Waals surface area contributed by atoms with Crippen LogP contribution in [0.2, 0.25) is 0 Å². The summed E-state index contributed by atoms with van der Waals surface area (Å²) >= 11 is 0. The van der Waals surface area contributed by atoms with Gasteiger partial charge >= 0.3 is 5.97 Å². The molecule has 0 radical (unpaired) electrons. The molecule has 2 unspecified atom stereocenters. The highest BCUT2D eigenvalue weighted by Gasteiger charge is 2.45. The van der Waals surface area contributed by atoms with Crippen LogP contribution in [0.4, 0.5) is 0 Å². The van der Waals surface area contributed by atoms with Crippen LogP contribution < -0.4 is 5.73 Å². The molecule has 1 saturated carbocycles. The van der Waals surface area contributed by atoms with Crippen molar-refractivity contribution < 1.29 is 19.4 Å². The van der Waals surface area contributed by atoms with Gasteiger partial charge in [0, 0.05) is 13.2 Å². The van der Waals surface area contributed by atoms with E-state index >= 15 is 0 Å². The van der Waals surface area contributed by atoms with Crippen LogP contribution in [0, 0.1) is 11.8 Å². The van der Waals surface area contributed by atoms with Crippen LogP contribution in [-0.4, -0.2) is 43.0 Å². The quantitative estimate of drug-likeness (QED) is 0.624. The molecule has 0 aromatic heterocycles. The van der Waals surface area contributed by atoms with Crippen LogP contribution in [0.15, 0.2) is 0 Å². The van der Waals surface area contributed by atoms with Gasteiger partial charge in [-0.15, -0.1) is 0 Å². The Balaban J connectivity index is 2.11. The molecular weight excluding hydrogens is 246 g/mol. The SMILES string of the molecule is CC(C)COCCOCCC1CCCC1(N)C(=O)O. The van der Waals surface area contributed by atoms with Crippen molar-refractivity contribution >= 4 is 5.97 Å². The van der Waals surface area contributed by atoms with Crippen molar-refractivity contribution in [1.29, 1.82) is 0 Å². The minimum atomic E-state index is -1.04. The number of carboxylic acid groups (broad SMARTS) is 1. The fourth-order valence-corrected chi connectivity index (χ4v) is 2.55. The maximum absolute atomic E-state index is 11.2. The lowest BCUT2D eigenvalue weighted by Crippen LogP contribution is -2.51. The topological polar surface area (TPSA) is 81.8 Å². The summed E-state index contributed by atoms with van der Waals surface area (Å²) in [6.07, 6.45) is 3.07. The molecule has 0 heterocycles. The van der Waals surface area contributed by atoms with Gasteiger partial charge in [0.2, 0.25) is 0 Å². The normalized spacial score (nSPS) is 27.1. The molecule has 3 N–H and O–H groups in total. The lowest BCUT2D eigenvalue weighted by molar-refractivity contribution is -0.145. The lowest BCUT2D eigenvalue weighted by atomic mass is 9.86. The smallest absolute Gasteiger partial charge is 0.323 e. The third kappa shape index (κ3) is 5.09. The summed E-state index contributed by atoms with van der Waals surface area (Å²) in [5, 5.41) is 9.18. The molecule has 5 nitrogen and oxygen atoms in total. The summed E-state index contributed by atoms with van der Waals surface area (Å²) in [4.78, 5) is 11.2. The Kier molecular flexibility index (Phi) is 6.75. The molecule has 5 heteroatoms. The summed E-state index contributed by atoms with van der Waals surface area (Å²) in [5.74, 6) is -0.316. The molecule has 0 spiro atoms. The first kappa shape index (κ1) is 16.4. The third-order valence-electron chi connectivity index (χ3n) is 3.70. The summed E-state index contributed by atoms with van der Waals surface area (Å²) in [5.41, 5.74) is 4.92. The molecule has 1 rings (SSSR count). The third-order valence-corrected chi connectivity index (χ3v) is 3.70. The zero-order valence-electron chi connectivity index (χ0n) is 12.1. The highest BCUT2D eigenvalue weighted by Crippen LogP contribution is 2.36. The first-order valence-corrected chi connectivity index (χ1v) is 7.14. The van der Waals surface area contributed by atoms with Gasteiger partial charge in [-0.25, -0.2) is 0 Å². The van der Waals surface area contributed by atoms with Crippen LogP contribution >= 0.6 is 0 Å². The number of carboxylic acids is 1. The van der Waals surface area contributed by atoms with E-state index < -0.39 is 11.5 Å². The van der Waals surface area contributed by atoms with Crippen LogP contribution in [0.1, 0.15) is 39.5 Å². The van der Waals surface area contributed by atoms with E-state index in [-0.39, 0.29) is 5.92 Å². The lowest BCUT2D eigenvalue weighted by Gasteiger charge is -2.26. The maximum atomic E-state index is 11.2. The minimum Gasteiger partial charge on any atom is -0.480 e. The Morgan fingerprint density at radius 1 is 1.37 bits per heavy atom. The van der Waals surface area contributed by atoms with Gasteiger partial charge in [0.05, 0.1) is 13.2 Å². The van der Waals surface area contributed by atoms with Crippen LogP contribution in [0.3, 0.4) is 0 Å². The second kappa shape index (κ2) is 7.82. The van der Waals surface area contributed by atoms with Crippen molar-refractivity contribution in [3.8, 4) is 0 Å². The molecule has 0 bridgehead atoms. The fraction of sp³-hybridized carbons (Fsp3) is 0.929. The standard InChI is InChI=1S/C14H27NO4/c1-11(2)10-19-9-8-18-7-5-12-4-3-6-14(12,15)13(16)17/h11-12H,3-10,15H2,1-2H3,(H,16,17). The maximum Gasteiger partial charge on any atom is 0.323 e. The first-order valence-electron chi connectivity index (χ1n) is 7.14. The van der Waals surface area contributed by atoms with Gasteiger partial charge in [0.1, 0.15) is 5.54 Å². The number of nitrogens with two attached hydrogens (primary N) is 1. The predicted molar refractivity (Wildman–Crippen MR) is 73.0 cm³/mol. The van der Waals surface area contributed by atoms with Gasteiger partial charge in [0.25, 0.3) is 0 Å². The second-order valence-corrected chi connectivity index (χ2v) is 5.80. The van der Waals surface area contributed by atoms with E-state index in [1.54, 1.807) is 0 Å². The molecule has 1 aliphatic rings. The average Bonchev–Trinajstić information content (AvgIpc) is 2.71. The molecular formula is C14H27NO4. The van der Waals surface area contributed by atoms with Gasteiger partial charge in [-0.3, -0.25) is 4.79 Å². The van der Waals surface area contributed by atoms with Crippen molar-refractivity contribution in [3.05, 3.63) is 0 Å². The predicted octanol–water partition coefficient (Wildman–Crippen LogP) is 1.65. The van der Waals surface area contributed by atoms with Gasteiger partial charge in [-0.1, -0.05) is 20.3 Å². The Morgan fingerprint density at radius 3 is 2.68 bits per heavy atom. The molecule has 2 atom stereocenters. The van der Waals surface area contributed by atoms with Crippen molar-refractivity contribution in [3.63, 3.8) is 0 Å². The second-order valence-electron chi connectivity index (χ2n) is 5.80. The Bertz CT molecular complexity index is 283.